The Morgan fingerprint density at radius 1 is 1.29 bits per heavy atom. The van der Waals surface area contributed by atoms with Crippen LogP contribution >= 0.6 is 0 Å². The highest BCUT2D eigenvalue weighted by Crippen LogP contribution is 2.35. The van der Waals surface area contributed by atoms with Gasteiger partial charge in [0.15, 0.2) is 11.5 Å². The first-order valence-corrected chi connectivity index (χ1v) is 5.86. The van der Waals surface area contributed by atoms with Crippen molar-refractivity contribution < 1.29 is 24.0 Å². The summed E-state index contributed by atoms with van der Waals surface area (Å²) < 4.78 is 10.1. The van der Waals surface area contributed by atoms with Crippen molar-refractivity contribution in [3.63, 3.8) is 0 Å². The molecule has 0 unspecified atom stereocenters. The summed E-state index contributed by atoms with van der Waals surface area (Å²) in [5.41, 5.74) is 0.489. The maximum atomic E-state index is 11.5. The van der Waals surface area contributed by atoms with Crippen LogP contribution in [-0.2, 0) is 9.63 Å². The van der Waals surface area contributed by atoms with Crippen LogP contribution < -0.4 is 9.47 Å². The number of methoxy groups -OCH3 is 2. The smallest absolute Gasteiger partial charge is 0.367 e. The number of nitro groups is 1. The Kier molecular flexibility index (Phi) is 3.88. The molecule has 21 heavy (non-hydrogen) atoms. The number of carbonyl (C=O) groups is 1. The normalized spacial score (nSPS) is 15.7. The van der Waals surface area contributed by atoms with Gasteiger partial charge in [0, 0.05) is 0 Å². The summed E-state index contributed by atoms with van der Waals surface area (Å²) in [4.78, 5) is 26.6. The minimum absolute atomic E-state index is 0.158. The van der Waals surface area contributed by atoms with Gasteiger partial charge in [-0.2, -0.15) is 0 Å². The van der Waals surface area contributed by atoms with Crippen molar-refractivity contribution in [2.24, 2.45) is 5.16 Å². The molecule has 1 aromatic rings. The number of hydrogen-bond acceptors (Lipinski definition) is 7. The lowest BCUT2D eigenvalue weighted by atomic mass is 10.1. The van der Waals surface area contributed by atoms with Gasteiger partial charge >= 0.3 is 5.97 Å². The molecule has 0 fully saturated rings. The molecule has 0 saturated heterocycles. The molecular weight excluding hydrogens is 280 g/mol. The number of oxime groups is 1. The average molecular weight is 292 g/mol. The highest BCUT2D eigenvalue weighted by Gasteiger charge is 2.25. The Morgan fingerprint density at radius 3 is 2.38 bits per heavy atom. The Morgan fingerprint density at radius 2 is 1.90 bits per heavy atom. The molecule has 1 aliphatic heterocycles. The highest BCUT2D eigenvalue weighted by molar-refractivity contribution is 6.24. The first-order valence-electron chi connectivity index (χ1n) is 5.86. The fourth-order valence-electron chi connectivity index (χ4n) is 1.83. The molecular formula is C13H12N2O6. The van der Waals surface area contributed by atoms with Gasteiger partial charge < -0.3 is 14.3 Å². The fourth-order valence-corrected chi connectivity index (χ4v) is 1.83. The van der Waals surface area contributed by atoms with Gasteiger partial charge in [-0.1, -0.05) is 5.16 Å². The van der Waals surface area contributed by atoms with E-state index in [-0.39, 0.29) is 22.6 Å². The number of ether oxygens (including phenoxy) is 2. The SMILES string of the molecule is COc1cc(/C=C2\C(=O)ON=C2C)c([N+](=O)[O-])cc1OC. The summed E-state index contributed by atoms with van der Waals surface area (Å²) in [6.45, 7) is 1.57. The van der Waals surface area contributed by atoms with Gasteiger partial charge in [-0.05, 0) is 19.1 Å². The largest absolute Gasteiger partial charge is 0.493 e. The van der Waals surface area contributed by atoms with Gasteiger partial charge in [-0.3, -0.25) is 10.1 Å². The van der Waals surface area contributed by atoms with Crippen LogP contribution in [0.5, 0.6) is 11.5 Å². The van der Waals surface area contributed by atoms with Crippen LogP contribution in [0.25, 0.3) is 6.08 Å². The fraction of sp³-hybridized carbons (Fsp3) is 0.231. The lowest BCUT2D eigenvalue weighted by molar-refractivity contribution is -0.385. The number of nitro benzene ring substituents is 1. The zero-order valence-electron chi connectivity index (χ0n) is 11.6. The molecule has 0 aliphatic carbocycles. The molecule has 1 heterocycles. The molecule has 0 aromatic heterocycles. The van der Waals surface area contributed by atoms with E-state index >= 15 is 0 Å². The number of nitrogens with zero attached hydrogens (tertiary/aromatic N) is 2. The van der Waals surface area contributed by atoms with Crippen LogP contribution in [0.1, 0.15) is 12.5 Å². The third kappa shape index (κ3) is 2.69. The summed E-state index contributed by atoms with van der Waals surface area (Å²) in [7, 11) is 2.79. The van der Waals surface area contributed by atoms with E-state index in [1.165, 1.54) is 32.4 Å². The van der Waals surface area contributed by atoms with E-state index in [2.05, 4.69) is 9.99 Å². The molecule has 0 amide bonds. The minimum atomic E-state index is -0.656. The maximum Gasteiger partial charge on any atom is 0.367 e. The summed E-state index contributed by atoms with van der Waals surface area (Å²) in [5.74, 6) is -0.113. The predicted molar refractivity (Wildman–Crippen MR) is 73.4 cm³/mol. The predicted octanol–water partition coefficient (Wildman–Crippen LogP) is 1.93. The van der Waals surface area contributed by atoms with Crippen molar-refractivity contribution >= 4 is 23.4 Å². The van der Waals surface area contributed by atoms with Crippen LogP contribution in [0.3, 0.4) is 0 Å². The van der Waals surface area contributed by atoms with Crippen LogP contribution in [0.2, 0.25) is 0 Å². The van der Waals surface area contributed by atoms with E-state index in [1.807, 2.05) is 0 Å². The second kappa shape index (κ2) is 5.61. The van der Waals surface area contributed by atoms with E-state index in [1.54, 1.807) is 6.92 Å². The second-order valence-electron chi connectivity index (χ2n) is 4.14. The first-order chi connectivity index (χ1) is 9.97. The van der Waals surface area contributed by atoms with Crippen LogP contribution in [-0.4, -0.2) is 30.8 Å². The van der Waals surface area contributed by atoms with Crippen molar-refractivity contribution in [3.8, 4) is 11.5 Å². The Labute approximate surface area is 119 Å². The topological polar surface area (TPSA) is 100 Å². The first kappa shape index (κ1) is 14.5. The van der Waals surface area contributed by atoms with Crippen LogP contribution in [0, 0.1) is 10.1 Å². The molecule has 110 valence electrons. The third-order valence-corrected chi connectivity index (χ3v) is 2.90. The Hall–Kier alpha value is -2.90. The Balaban J connectivity index is 2.62. The molecule has 0 atom stereocenters. The molecule has 0 N–H and O–H groups in total. The number of hydrogen-bond donors (Lipinski definition) is 0. The maximum absolute atomic E-state index is 11.5. The van der Waals surface area contributed by atoms with Gasteiger partial charge in [-0.15, -0.1) is 0 Å². The number of carbonyl (C=O) groups excluding carboxylic acids is 1. The van der Waals surface area contributed by atoms with Crippen molar-refractivity contribution in [2.45, 2.75) is 6.92 Å². The van der Waals surface area contributed by atoms with Gasteiger partial charge in [0.05, 0.1) is 42.1 Å². The zero-order chi connectivity index (χ0) is 15.6. The summed E-state index contributed by atoms with van der Waals surface area (Å²) in [6.07, 6.45) is 1.34. The Bertz CT molecular complexity index is 677. The van der Waals surface area contributed by atoms with E-state index in [0.717, 1.165) is 0 Å². The van der Waals surface area contributed by atoms with E-state index < -0.39 is 10.9 Å². The van der Waals surface area contributed by atoms with Crippen molar-refractivity contribution in [1.29, 1.82) is 0 Å². The molecule has 2 rings (SSSR count). The van der Waals surface area contributed by atoms with Gasteiger partial charge in [-0.25, -0.2) is 4.79 Å². The monoisotopic (exact) mass is 292 g/mol. The molecule has 0 spiro atoms. The quantitative estimate of drug-likeness (QED) is 0.364. The summed E-state index contributed by atoms with van der Waals surface area (Å²) >= 11 is 0. The summed E-state index contributed by atoms with van der Waals surface area (Å²) in [5, 5.41) is 14.7. The van der Waals surface area contributed by atoms with Gasteiger partial charge in [0.25, 0.3) is 5.69 Å². The van der Waals surface area contributed by atoms with Crippen molar-refractivity contribution in [3.05, 3.63) is 33.4 Å². The lowest BCUT2D eigenvalue weighted by Gasteiger charge is -2.09. The van der Waals surface area contributed by atoms with Crippen molar-refractivity contribution in [2.75, 3.05) is 14.2 Å². The summed E-state index contributed by atoms with van der Waals surface area (Å²) in [6, 6.07) is 2.65. The van der Waals surface area contributed by atoms with Crippen LogP contribution in [0.4, 0.5) is 5.69 Å². The lowest BCUT2D eigenvalue weighted by Crippen LogP contribution is -2.03. The van der Waals surface area contributed by atoms with Gasteiger partial charge in [0.2, 0.25) is 0 Å². The standard InChI is InChI=1S/C13H12N2O6/c1-7-9(13(16)21-14-7)4-8-5-11(19-2)12(20-3)6-10(8)15(17)18/h4-6H,1-3H3/b9-4-. The number of benzene rings is 1. The van der Waals surface area contributed by atoms with Crippen molar-refractivity contribution in [1.82, 2.24) is 0 Å². The number of rotatable bonds is 4. The van der Waals surface area contributed by atoms with Gasteiger partial charge in [0.1, 0.15) is 0 Å². The average Bonchev–Trinajstić information content (AvgIpc) is 2.78. The minimum Gasteiger partial charge on any atom is -0.493 e. The molecule has 1 aromatic carbocycles. The molecule has 0 saturated carbocycles. The molecule has 8 heteroatoms. The van der Waals surface area contributed by atoms with Crippen LogP contribution in [0.15, 0.2) is 22.9 Å². The highest BCUT2D eigenvalue weighted by atomic mass is 16.7. The van der Waals surface area contributed by atoms with E-state index in [4.69, 9.17) is 9.47 Å². The molecule has 0 radical (unpaired) electrons. The molecule has 8 nitrogen and oxygen atoms in total. The van der Waals surface area contributed by atoms with E-state index in [0.29, 0.717) is 11.5 Å². The third-order valence-electron chi connectivity index (χ3n) is 2.90. The zero-order valence-corrected chi connectivity index (χ0v) is 11.6. The second-order valence-corrected chi connectivity index (χ2v) is 4.14. The van der Waals surface area contributed by atoms with E-state index in [9.17, 15) is 14.9 Å². The molecule has 1 aliphatic rings. The molecule has 0 bridgehead atoms.